The summed E-state index contributed by atoms with van der Waals surface area (Å²) in [5, 5.41) is 5.97. The predicted molar refractivity (Wildman–Crippen MR) is 81.1 cm³/mol. The first-order valence-electron chi connectivity index (χ1n) is 7.34. The van der Waals surface area contributed by atoms with Crippen molar-refractivity contribution in [3.63, 3.8) is 0 Å². The summed E-state index contributed by atoms with van der Waals surface area (Å²) >= 11 is 0. The van der Waals surface area contributed by atoms with E-state index in [1.165, 1.54) is 0 Å². The lowest BCUT2D eigenvalue weighted by molar-refractivity contribution is 0.0908. The largest absolute Gasteiger partial charge is 0.380 e. The molecule has 0 bridgehead atoms. The van der Waals surface area contributed by atoms with Crippen LogP contribution in [0.25, 0.3) is 0 Å². The van der Waals surface area contributed by atoms with E-state index in [1.54, 1.807) is 6.07 Å². The lowest BCUT2D eigenvalue weighted by Crippen LogP contribution is -2.28. The molecule has 1 amide bonds. The van der Waals surface area contributed by atoms with Crippen molar-refractivity contribution in [2.24, 2.45) is 0 Å². The Morgan fingerprint density at radius 2 is 2.05 bits per heavy atom. The van der Waals surface area contributed by atoms with Crippen molar-refractivity contribution in [2.75, 3.05) is 31.6 Å². The molecule has 0 aromatic carbocycles. The van der Waals surface area contributed by atoms with Crippen LogP contribution in [0.15, 0.2) is 18.2 Å². The molecule has 0 radical (unpaired) electrons. The lowest BCUT2D eigenvalue weighted by atomic mass is 10.3. The second-order valence-electron chi connectivity index (χ2n) is 4.56. The summed E-state index contributed by atoms with van der Waals surface area (Å²) in [6, 6.07) is 5.41. The van der Waals surface area contributed by atoms with Crippen molar-refractivity contribution in [1.82, 2.24) is 10.3 Å². The molecule has 0 fully saturated rings. The standard InChI is InChI=1S/C15H25N3O2/c1-3-5-11-20-12-10-17-15(19)13-7-6-8-14(18-13)16-9-4-2/h6-8H,3-5,9-12H2,1-2H3,(H,16,18)(H,17,19). The molecule has 1 aromatic rings. The molecule has 5 heteroatoms. The quantitative estimate of drug-likeness (QED) is 0.646. The Hall–Kier alpha value is -1.62. The van der Waals surface area contributed by atoms with Crippen LogP contribution in [0.1, 0.15) is 43.6 Å². The summed E-state index contributed by atoms with van der Waals surface area (Å²) in [5.74, 6) is 0.572. The van der Waals surface area contributed by atoms with Gasteiger partial charge in [0.25, 0.3) is 5.91 Å². The van der Waals surface area contributed by atoms with Crippen molar-refractivity contribution in [1.29, 1.82) is 0 Å². The summed E-state index contributed by atoms with van der Waals surface area (Å²) in [6.45, 7) is 6.86. The fourth-order valence-corrected chi connectivity index (χ4v) is 1.59. The van der Waals surface area contributed by atoms with Gasteiger partial charge in [0.2, 0.25) is 0 Å². The van der Waals surface area contributed by atoms with Gasteiger partial charge >= 0.3 is 0 Å². The smallest absolute Gasteiger partial charge is 0.270 e. The average molecular weight is 279 g/mol. The minimum Gasteiger partial charge on any atom is -0.380 e. The van der Waals surface area contributed by atoms with Crippen LogP contribution in [0.5, 0.6) is 0 Å². The number of nitrogens with one attached hydrogen (secondary N) is 2. The maximum absolute atomic E-state index is 11.9. The van der Waals surface area contributed by atoms with Crippen LogP contribution in [-0.2, 0) is 4.74 Å². The molecule has 20 heavy (non-hydrogen) atoms. The first-order valence-corrected chi connectivity index (χ1v) is 7.34. The molecule has 0 saturated heterocycles. The van der Waals surface area contributed by atoms with Crippen LogP contribution < -0.4 is 10.6 Å². The van der Waals surface area contributed by atoms with E-state index in [-0.39, 0.29) is 5.91 Å². The van der Waals surface area contributed by atoms with Gasteiger partial charge in [-0.3, -0.25) is 4.79 Å². The molecule has 0 aliphatic carbocycles. The minimum atomic E-state index is -0.163. The normalized spacial score (nSPS) is 10.3. The van der Waals surface area contributed by atoms with Crippen LogP contribution in [0.3, 0.4) is 0 Å². The number of carbonyl (C=O) groups excluding carboxylic acids is 1. The van der Waals surface area contributed by atoms with Crippen molar-refractivity contribution >= 4 is 11.7 Å². The van der Waals surface area contributed by atoms with Gasteiger partial charge in [-0.1, -0.05) is 26.3 Å². The molecular weight excluding hydrogens is 254 g/mol. The molecule has 1 rings (SSSR count). The average Bonchev–Trinajstić information content (AvgIpc) is 2.48. The second kappa shape index (κ2) is 10.2. The third kappa shape index (κ3) is 6.52. The van der Waals surface area contributed by atoms with Gasteiger partial charge in [0.15, 0.2) is 0 Å². The third-order valence-corrected chi connectivity index (χ3v) is 2.71. The summed E-state index contributed by atoms with van der Waals surface area (Å²) in [4.78, 5) is 16.2. The number of anilines is 1. The molecule has 0 aliphatic rings. The Labute approximate surface area is 121 Å². The van der Waals surface area contributed by atoms with Crippen LogP contribution in [0, 0.1) is 0 Å². The van der Waals surface area contributed by atoms with E-state index in [1.807, 2.05) is 12.1 Å². The first-order chi connectivity index (χ1) is 9.77. The summed E-state index contributed by atoms with van der Waals surface area (Å²) < 4.78 is 5.39. The number of hydrogen-bond acceptors (Lipinski definition) is 4. The van der Waals surface area contributed by atoms with Gasteiger partial charge < -0.3 is 15.4 Å². The van der Waals surface area contributed by atoms with Crippen LogP contribution in [0.4, 0.5) is 5.82 Å². The molecule has 1 aromatic heterocycles. The Morgan fingerprint density at radius 3 is 2.80 bits per heavy atom. The Bertz CT molecular complexity index is 396. The number of nitrogens with zero attached hydrogens (tertiary/aromatic N) is 1. The Morgan fingerprint density at radius 1 is 1.20 bits per heavy atom. The van der Waals surface area contributed by atoms with Crippen molar-refractivity contribution in [2.45, 2.75) is 33.1 Å². The maximum Gasteiger partial charge on any atom is 0.270 e. The summed E-state index contributed by atoms with van der Waals surface area (Å²) in [6.07, 6.45) is 3.20. The number of aromatic nitrogens is 1. The highest BCUT2D eigenvalue weighted by molar-refractivity contribution is 5.92. The maximum atomic E-state index is 11.9. The molecule has 112 valence electrons. The molecule has 2 N–H and O–H groups in total. The monoisotopic (exact) mass is 279 g/mol. The van der Waals surface area contributed by atoms with Crippen molar-refractivity contribution in [3.05, 3.63) is 23.9 Å². The molecule has 0 aliphatic heterocycles. The molecule has 0 atom stereocenters. The van der Waals surface area contributed by atoms with Crippen molar-refractivity contribution < 1.29 is 9.53 Å². The molecule has 0 saturated carbocycles. The second-order valence-corrected chi connectivity index (χ2v) is 4.56. The molecule has 1 heterocycles. The summed E-state index contributed by atoms with van der Waals surface area (Å²) in [5.41, 5.74) is 0.430. The van der Waals surface area contributed by atoms with E-state index in [9.17, 15) is 4.79 Å². The number of pyridine rings is 1. The number of ether oxygens (including phenoxy) is 1. The summed E-state index contributed by atoms with van der Waals surface area (Å²) in [7, 11) is 0. The first kappa shape index (κ1) is 16.4. The number of unbranched alkanes of at least 4 members (excludes halogenated alkanes) is 1. The van der Waals surface area contributed by atoms with E-state index < -0.39 is 0 Å². The fraction of sp³-hybridized carbons (Fsp3) is 0.600. The minimum absolute atomic E-state index is 0.163. The van der Waals surface area contributed by atoms with E-state index in [2.05, 4.69) is 29.5 Å². The number of amides is 1. The lowest BCUT2D eigenvalue weighted by Gasteiger charge is -2.08. The third-order valence-electron chi connectivity index (χ3n) is 2.71. The van der Waals surface area contributed by atoms with Gasteiger partial charge in [-0.05, 0) is 25.0 Å². The van der Waals surface area contributed by atoms with Gasteiger partial charge in [-0.15, -0.1) is 0 Å². The van der Waals surface area contributed by atoms with E-state index >= 15 is 0 Å². The van der Waals surface area contributed by atoms with E-state index in [4.69, 9.17) is 4.74 Å². The Kier molecular flexibility index (Phi) is 8.38. The number of carbonyl (C=O) groups is 1. The van der Waals surface area contributed by atoms with Gasteiger partial charge in [-0.25, -0.2) is 4.98 Å². The zero-order chi connectivity index (χ0) is 14.6. The zero-order valence-electron chi connectivity index (χ0n) is 12.4. The van der Waals surface area contributed by atoms with Gasteiger partial charge in [0.1, 0.15) is 11.5 Å². The highest BCUT2D eigenvalue weighted by Gasteiger charge is 2.06. The highest BCUT2D eigenvalue weighted by atomic mass is 16.5. The number of rotatable bonds is 10. The molecule has 0 unspecified atom stereocenters. The van der Waals surface area contributed by atoms with Gasteiger partial charge in [0, 0.05) is 19.7 Å². The van der Waals surface area contributed by atoms with E-state index in [0.29, 0.717) is 18.8 Å². The molecular formula is C15H25N3O2. The number of hydrogen-bond donors (Lipinski definition) is 2. The van der Waals surface area contributed by atoms with Gasteiger partial charge in [0.05, 0.1) is 6.61 Å². The molecule has 0 spiro atoms. The van der Waals surface area contributed by atoms with Crippen LogP contribution in [-0.4, -0.2) is 37.2 Å². The fourth-order valence-electron chi connectivity index (χ4n) is 1.59. The molecule has 5 nitrogen and oxygen atoms in total. The van der Waals surface area contributed by atoms with Crippen LogP contribution in [0.2, 0.25) is 0 Å². The zero-order valence-corrected chi connectivity index (χ0v) is 12.4. The SMILES string of the molecule is CCCCOCCNC(=O)c1cccc(NCCC)n1. The Balaban J connectivity index is 2.31. The predicted octanol–water partition coefficient (Wildman–Crippen LogP) is 2.45. The van der Waals surface area contributed by atoms with Gasteiger partial charge in [-0.2, -0.15) is 0 Å². The van der Waals surface area contributed by atoms with Crippen LogP contribution >= 0.6 is 0 Å². The topological polar surface area (TPSA) is 63.2 Å². The van der Waals surface area contributed by atoms with E-state index in [0.717, 1.165) is 38.2 Å². The highest BCUT2D eigenvalue weighted by Crippen LogP contribution is 2.04. The van der Waals surface area contributed by atoms with Crippen molar-refractivity contribution in [3.8, 4) is 0 Å².